The van der Waals surface area contributed by atoms with Crippen molar-refractivity contribution in [3.05, 3.63) is 45.9 Å². The van der Waals surface area contributed by atoms with Gasteiger partial charge in [-0.3, -0.25) is 9.59 Å². The van der Waals surface area contributed by atoms with Crippen molar-refractivity contribution >= 4 is 41.1 Å². The molecule has 1 unspecified atom stereocenters. The lowest BCUT2D eigenvalue weighted by Gasteiger charge is -2.23. The van der Waals surface area contributed by atoms with E-state index in [1.165, 1.54) is 18.5 Å². The number of aromatic nitrogens is 1. The molecule has 0 bridgehead atoms. The molecule has 0 radical (unpaired) electrons. The van der Waals surface area contributed by atoms with Crippen molar-refractivity contribution in [1.29, 1.82) is 0 Å². The summed E-state index contributed by atoms with van der Waals surface area (Å²) >= 11 is 1.64. The number of amides is 1. The number of nitrogens with zero attached hydrogens (tertiary/aromatic N) is 1. The summed E-state index contributed by atoms with van der Waals surface area (Å²) in [4.78, 5) is 28.5. The number of thiazole rings is 1. The predicted molar refractivity (Wildman–Crippen MR) is 113 cm³/mol. The van der Waals surface area contributed by atoms with Gasteiger partial charge in [0.1, 0.15) is 5.01 Å². The van der Waals surface area contributed by atoms with E-state index in [1.807, 2.05) is 43.3 Å². The fraction of sp³-hybridized carbons (Fsp3) is 0.409. The molecule has 1 aliphatic carbocycles. The van der Waals surface area contributed by atoms with Gasteiger partial charge in [0.05, 0.1) is 11.1 Å². The number of hydrogen-bond donors (Lipinski definition) is 2. The minimum Gasteiger partial charge on any atom is -0.481 e. The highest BCUT2D eigenvalue weighted by Gasteiger charge is 2.34. The van der Waals surface area contributed by atoms with Crippen LogP contribution in [0.4, 0.5) is 5.69 Å². The summed E-state index contributed by atoms with van der Waals surface area (Å²) in [6.07, 6.45) is 7.59. The zero-order valence-electron chi connectivity index (χ0n) is 16.3. The summed E-state index contributed by atoms with van der Waals surface area (Å²) in [6, 6.07) is 7.51. The molecule has 1 amide bonds. The van der Waals surface area contributed by atoms with Crippen LogP contribution < -0.4 is 5.32 Å². The molecular formula is C22H26N2O3S. The van der Waals surface area contributed by atoms with Gasteiger partial charge in [-0.25, -0.2) is 4.98 Å². The Morgan fingerprint density at radius 2 is 2.14 bits per heavy atom. The first-order chi connectivity index (χ1) is 13.4. The molecule has 5 nitrogen and oxygen atoms in total. The topological polar surface area (TPSA) is 79.3 Å². The number of nitrogens with one attached hydrogen (secondary N) is 1. The molecule has 1 saturated carbocycles. The zero-order chi connectivity index (χ0) is 20.1. The number of aliphatic carboxylic acids is 1. The number of carboxylic acids is 1. The molecule has 0 aliphatic heterocycles. The summed E-state index contributed by atoms with van der Waals surface area (Å²) in [5, 5.41) is 15.4. The van der Waals surface area contributed by atoms with Crippen LogP contribution in [-0.4, -0.2) is 22.0 Å². The molecule has 1 fully saturated rings. The maximum Gasteiger partial charge on any atom is 0.309 e. The van der Waals surface area contributed by atoms with E-state index >= 15 is 0 Å². The first-order valence-corrected chi connectivity index (χ1v) is 10.5. The number of carbonyl (C=O) groups excluding carboxylic acids is 1. The van der Waals surface area contributed by atoms with Crippen LogP contribution in [0.15, 0.2) is 29.6 Å². The highest BCUT2D eigenvalue weighted by atomic mass is 32.1. The lowest BCUT2D eigenvalue weighted by atomic mass is 9.82. The van der Waals surface area contributed by atoms with Gasteiger partial charge in [0, 0.05) is 23.4 Å². The van der Waals surface area contributed by atoms with E-state index in [0.717, 1.165) is 17.0 Å². The lowest BCUT2D eigenvalue weighted by molar-refractivity contribution is -0.150. The van der Waals surface area contributed by atoms with Crippen molar-refractivity contribution in [2.24, 2.45) is 5.41 Å². The third-order valence-corrected chi connectivity index (χ3v) is 5.82. The van der Waals surface area contributed by atoms with Crippen molar-refractivity contribution in [2.45, 2.75) is 51.9 Å². The van der Waals surface area contributed by atoms with Crippen molar-refractivity contribution < 1.29 is 14.7 Å². The van der Waals surface area contributed by atoms with Crippen LogP contribution in [0.25, 0.3) is 12.2 Å². The molecule has 1 aromatic carbocycles. The molecule has 1 heterocycles. The van der Waals surface area contributed by atoms with Crippen molar-refractivity contribution in [3.63, 3.8) is 0 Å². The number of carbonyl (C=O) groups is 2. The van der Waals surface area contributed by atoms with Gasteiger partial charge in [-0.15, -0.1) is 11.3 Å². The number of hydrogen-bond acceptors (Lipinski definition) is 4. The second-order valence-corrected chi connectivity index (χ2v) is 8.57. The maximum atomic E-state index is 12.4. The first kappa shape index (κ1) is 20.3. The Balaban J connectivity index is 1.62. The minimum absolute atomic E-state index is 0.0424. The molecule has 2 N–H and O–H groups in total. The number of anilines is 1. The fourth-order valence-electron chi connectivity index (χ4n) is 3.21. The van der Waals surface area contributed by atoms with Crippen LogP contribution in [0.5, 0.6) is 0 Å². The van der Waals surface area contributed by atoms with Gasteiger partial charge in [-0.2, -0.15) is 0 Å². The summed E-state index contributed by atoms with van der Waals surface area (Å²) in [6.45, 7) is 3.55. The number of benzene rings is 1. The summed E-state index contributed by atoms with van der Waals surface area (Å²) < 4.78 is 0. The third kappa shape index (κ3) is 5.29. The van der Waals surface area contributed by atoms with Crippen molar-refractivity contribution in [3.8, 4) is 0 Å². The van der Waals surface area contributed by atoms with Crippen molar-refractivity contribution in [2.75, 3.05) is 5.32 Å². The van der Waals surface area contributed by atoms with E-state index < -0.39 is 11.4 Å². The molecule has 1 aromatic heterocycles. The van der Waals surface area contributed by atoms with Crippen LogP contribution in [0.2, 0.25) is 0 Å². The maximum absolute atomic E-state index is 12.4. The monoisotopic (exact) mass is 398 g/mol. The van der Waals surface area contributed by atoms with Gasteiger partial charge >= 0.3 is 5.97 Å². The van der Waals surface area contributed by atoms with Crippen LogP contribution in [0.1, 0.15) is 68.1 Å². The van der Waals surface area contributed by atoms with Gasteiger partial charge < -0.3 is 10.4 Å². The van der Waals surface area contributed by atoms with E-state index in [9.17, 15) is 14.7 Å². The average Bonchev–Trinajstić information content (AvgIpc) is 3.38. The normalized spacial score (nSPS) is 16.1. The zero-order valence-corrected chi connectivity index (χ0v) is 17.1. The summed E-state index contributed by atoms with van der Waals surface area (Å²) in [7, 11) is 0. The molecule has 0 spiro atoms. The molecule has 1 atom stereocenters. The van der Waals surface area contributed by atoms with Crippen LogP contribution in [0.3, 0.4) is 0 Å². The predicted octanol–water partition coefficient (Wildman–Crippen LogP) is 5.41. The van der Waals surface area contributed by atoms with Gasteiger partial charge in [0.2, 0.25) is 5.91 Å². The minimum atomic E-state index is -1.04. The Kier molecular flexibility index (Phi) is 6.29. The lowest BCUT2D eigenvalue weighted by Crippen LogP contribution is -2.32. The van der Waals surface area contributed by atoms with E-state index in [-0.39, 0.29) is 12.3 Å². The Labute approximate surface area is 169 Å². The van der Waals surface area contributed by atoms with Gasteiger partial charge in [0.15, 0.2) is 0 Å². The Morgan fingerprint density at radius 1 is 1.36 bits per heavy atom. The number of carboxylic acid groups (broad SMARTS) is 1. The van der Waals surface area contributed by atoms with E-state index in [0.29, 0.717) is 18.0 Å². The highest BCUT2D eigenvalue weighted by molar-refractivity contribution is 7.10. The fourth-order valence-corrected chi connectivity index (χ4v) is 4.01. The second kappa shape index (κ2) is 8.69. The van der Waals surface area contributed by atoms with Gasteiger partial charge in [0.25, 0.3) is 0 Å². The Bertz CT molecular complexity index is 885. The first-order valence-electron chi connectivity index (χ1n) is 9.66. The van der Waals surface area contributed by atoms with Crippen molar-refractivity contribution in [1.82, 2.24) is 4.98 Å². The van der Waals surface area contributed by atoms with Crippen LogP contribution in [-0.2, 0) is 9.59 Å². The molecule has 148 valence electrons. The van der Waals surface area contributed by atoms with Gasteiger partial charge in [-0.05, 0) is 50.0 Å². The smallest absolute Gasteiger partial charge is 0.309 e. The average molecular weight is 399 g/mol. The van der Waals surface area contributed by atoms with E-state index in [1.54, 1.807) is 18.3 Å². The molecule has 28 heavy (non-hydrogen) atoms. The van der Waals surface area contributed by atoms with Crippen LogP contribution in [0, 0.1) is 5.41 Å². The van der Waals surface area contributed by atoms with Gasteiger partial charge in [-0.1, -0.05) is 31.6 Å². The SMILES string of the molecule is CCCC(C)(CC(=O)Nc1cccc(C=Cc2nc(C3CC3)cs2)c1)C(=O)O. The molecule has 1 aliphatic rings. The molecular weight excluding hydrogens is 372 g/mol. The molecule has 3 rings (SSSR count). The molecule has 0 saturated heterocycles. The Morgan fingerprint density at radius 3 is 2.82 bits per heavy atom. The van der Waals surface area contributed by atoms with E-state index in [4.69, 9.17) is 0 Å². The second-order valence-electron chi connectivity index (χ2n) is 7.68. The Hall–Kier alpha value is -2.47. The molecule has 2 aromatic rings. The highest BCUT2D eigenvalue weighted by Crippen LogP contribution is 2.40. The van der Waals surface area contributed by atoms with E-state index in [2.05, 4.69) is 15.7 Å². The third-order valence-electron chi connectivity index (χ3n) is 4.99. The molecule has 6 heteroatoms. The summed E-state index contributed by atoms with van der Waals surface area (Å²) in [5.74, 6) is -0.565. The quantitative estimate of drug-likeness (QED) is 0.592. The van der Waals surface area contributed by atoms with Crippen LogP contribution >= 0.6 is 11.3 Å². The summed E-state index contributed by atoms with van der Waals surface area (Å²) in [5.41, 5.74) is 1.77. The largest absolute Gasteiger partial charge is 0.481 e. The standard InChI is InChI=1S/C22H26N2O3S/c1-3-11-22(2,21(26)27)13-19(25)23-17-6-4-5-15(12-17)7-10-20-24-18(14-28-20)16-8-9-16/h4-7,10,12,14,16H,3,8-9,11,13H2,1-2H3,(H,23,25)(H,26,27). The number of rotatable bonds is 9.